The van der Waals surface area contributed by atoms with Crippen molar-refractivity contribution in [2.45, 2.75) is 5.38 Å². The van der Waals surface area contributed by atoms with Crippen LogP contribution in [0.4, 0.5) is 14.5 Å². The fourth-order valence-corrected chi connectivity index (χ4v) is 2.59. The summed E-state index contributed by atoms with van der Waals surface area (Å²) in [5.74, 6) is -0.317. The lowest BCUT2D eigenvalue weighted by molar-refractivity contribution is 0.0952. The fraction of sp³-hybridized carbons (Fsp3) is 0.0500. The van der Waals surface area contributed by atoms with Gasteiger partial charge in [0.1, 0.15) is 0 Å². The summed E-state index contributed by atoms with van der Waals surface area (Å²) in [4.78, 5) is 12.4. The van der Waals surface area contributed by atoms with E-state index < -0.39 is 5.38 Å². The van der Waals surface area contributed by atoms with Crippen LogP contribution in [0, 0.1) is 0 Å². The van der Waals surface area contributed by atoms with Crippen molar-refractivity contribution < 1.29 is 13.6 Å². The number of rotatable bonds is 4. The number of anilines is 1. The first kappa shape index (κ1) is 17.1. The topological polar surface area (TPSA) is 29.1 Å². The highest BCUT2D eigenvalue weighted by Gasteiger charge is 2.28. The van der Waals surface area contributed by atoms with Gasteiger partial charge in [-0.1, -0.05) is 48.5 Å². The number of alkyl halides is 3. The minimum atomic E-state index is -3.48. The molecule has 0 saturated heterocycles. The van der Waals surface area contributed by atoms with E-state index in [9.17, 15) is 13.6 Å². The first-order valence-corrected chi connectivity index (χ1v) is 7.96. The number of nitrogens with one attached hydrogen (secondary N) is 1. The van der Waals surface area contributed by atoms with E-state index in [0.29, 0.717) is 22.4 Å². The normalized spacial score (nSPS) is 11.2. The van der Waals surface area contributed by atoms with E-state index >= 15 is 0 Å². The summed E-state index contributed by atoms with van der Waals surface area (Å²) in [6.07, 6.45) is 0. The number of benzene rings is 3. The first-order chi connectivity index (χ1) is 11.9. The third-order valence-electron chi connectivity index (χ3n) is 3.72. The summed E-state index contributed by atoms with van der Waals surface area (Å²) in [5.41, 5.74) is 1.76. The Bertz CT molecular complexity index is 877. The predicted molar refractivity (Wildman–Crippen MR) is 96.0 cm³/mol. The third kappa shape index (κ3) is 4.03. The van der Waals surface area contributed by atoms with Gasteiger partial charge in [-0.05, 0) is 47.5 Å². The molecule has 0 aliphatic carbocycles. The highest BCUT2D eigenvalue weighted by Crippen LogP contribution is 2.37. The van der Waals surface area contributed by atoms with E-state index in [2.05, 4.69) is 5.32 Å². The van der Waals surface area contributed by atoms with Crippen molar-refractivity contribution in [2.75, 3.05) is 5.32 Å². The molecule has 0 radical (unpaired) electrons. The maximum Gasteiger partial charge on any atom is 0.348 e. The molecule has 25 heavy (non-hydrogen) atoms. The molecule has 5 heteroatoms. The zero-order valence-electron chi connectivity index (χ0n) is 13.0. The SMILES string of the molecule is O=C(Nc1ccc(C(F)(F)Cl)cc1-c1ccccc1)c1ccccc1. The molecular formula is C20H14ClF2NO. The molecule has 0 spiro atoms. The van der Waals surface area contributed by atoms with Crippen LogP contribution in [0.2, 0.25) is 0 Å². The highest BCUT2D eigenvalue weighted by molar-refractivity contribution is 6.21. The van der Waals surface area contributed by atoms with E-state index in [-0.39, 0.29) is 11.5 Å². The van der Waals surface area contributed by atoms with E-state index in [4.69, 9.17) is 11.6 Å². The fourth-order valence-electron chi connectivity index (χ4n) is 2.47. The maximum atomic E-state index is 13.5. The van der Waals surface area contributed by atoms with Crippen LogP contribution in [0.5, 0.6) is 0 Å². The second-order valence-electron chi connectivity index (χ2n) is 5.44. The molecule has 1 N–H and O–H groups in total. The Hall–Kier alpha value is -2.72. The summed E-state index contributed by atoms with van der Waals surface area (Å²) in [5, 5.41) is -0.704. The molecule has 126 valence electrons. The van der Waals surface area contributed by atoms with Crippen LogP contribution in [-0.4, -0.2) is 5.91 Å². The van der Waals surface area contributed by atoms with Crippen LogP contribution in [0.3, 0.4) is 0 Å². The summed E-state index contributed by atoms with van der Waals surface area (Å²) in [6.45, 7) is 0. The maximum absolute atomic E-state index is 13.5. The molecule has 0 saturated carbocycles. The number of amides is 1. The quantitative estimate of drug-likeness (QED) is 0.579. The van der Waals surface area contributed by atoms with Crippen molar-refractivity contribution in [3.63, 3.8) is 0 Å². The van der Waals surface area contributed by atoms with E-state index in [0.717, 1.165) is 0 Å². The smallest absolute Gasteiger partial charge is 0.321 e. The Kier molecular flexibility index (Phi) is 4.81. The number of halogens is 3. The molecule has 0 aromatic heterocycles. The van der Waals surface area contributed by atoms with E-state index in [1.165, 1.54) is 18.2 Å². The van der Waals surface area contributed by atoms with Crippen LogP contribution in [-0.2, 0) is 5.38 Å². The Morgan fingerprint density at radius 3 is 2.08 bits per heavy atom. The van der Waals surface area contributed by atoms with Gasteiger partial charge in [0.2, 0.25) is 0 Å². The Morgan fingerprint density at radius 2 is 1.48 bits per heavy atom. The van der Waals surface area contributed by atoms with E-state index in [1.807, 2.05) is 12.1 Å². The second kappa shape index (κ2) is 7.03. The molecule has 1 amide bonds. The summed E-state index contributed by atoms with van der Waals surface area (Å²) in [7, 11) is 0. The van der Waals surface area contributed by atoms with Crippen molar-refractivity contribution >= 4 is 23.2 Å². The average molecular weight is 358 g/mol. The molecule has 0 aliphatic heterocycles. The number of carbonyl (C=O) groups is 1. The van der Waals surface area contributed by atoms with Crippen LogP contribution in [0.1, 0.15) is 15.9 Å². The number of hydrogen-bond acceptors (Lipinski definition) is 1. The van der Waals surface area contributed by atoms with Gasteiger partial charge >= 0.3 is 5.38 Å². The van der Waals surface area contributed by atoms with Crippen molar-refractivity contribution in [2.24, 2.45) is 0 Å². The molecule has 3 rings (SSSR count). The molecule has 0 bridgehead atoms. The van der Waals surface area contributed by atoms with Gasteiger partial charge in [0, 0.05) is 22.4 Å². The minimum absolute atomic E-state index is 0.317. The summed E-state index contributed by atoms with van der Waals surface area (Å²) in [6, 6.07) is 21.6. The van der Waals surface area contributed by atoms with Crippen LogP contribution in [0.15, 0.2) is 78.9 Å². The number of carbonyl (C=O) groups excluding carboxylic acids is 1. The van der Waals surface area contributed by atoms with Gasteiger partial charge in [-0.2, -0.15) is 8.78 Å². The van der Waals surface area contributed by atoms with Crippen LogP contribution in [0.25, 0.3) is 11.1 Å². The van der Waals surface area contributed by atoms with Gasteiger partial charge in [-0.3, -0.25) is 4.79 Å². The summed E-state index contributed by atoms with van der Waals surface area (Å²) >= 11 is 5.15. The Labute approximate surface area is 149 Å². The molecule has 0 unspecified atom stereocenters. The predicted octanol–water partition coefficient (Wildman–Crippen LogP) is 5.89. The second-order valence-corrected chi connectivity index (χ2v) is 5.92. The average Bonchev–Trinajstić information content (AvgIpc) is 2.62. The highest BCUT2D eigenvalue weighted by atomic mass is 35.5. The van der Waals surface area contributed by atoms with Crippen molar-refractivity contribution in [1.29, 1.82) is 0 Å². The zero-order valence-corrected chi connectivity index (χ0v) is 13.8. The van der Waals surface area contributed by atoms with Crippen LogP contribution < -0.4 is 5.32 Å². The monoisotopic (exact) mass is 357 g/mol. The van der Waals surface area contributed by atoms with E-state index in [1.54, 1.807) is 48.5 Å². The molecule has 3 aromatic carbocycles. The van der Waals surface area contributed by atoms with Gasteiger partial charge in [0.05, 0.1) is 0 Å². The lowest BCUT2D eigenvalue weighted by Gasteiger charge is -2.15. The molecule has 2 nitrogen and oxygen atoms in total. The third-order valence-corrected chi connectivity index (χ3v) is 3.93. The lowest BCUT2D eigenvalue weighted by atomic mass is 10.0. The van der Waals surface area contributed by atoms with Gasteiger partial charge in [0.15, 0.2) is 0 Å². The molecule has 0 aliphatic rings. The lowest BCUT2D eigenvalue weighted by Crippen LogP contribution is -2.13. The molecule has 0 fully saturated rings. The first-order valence-electron chi connectivity index (χ1n) is 7.58. The van der Waals surface area contributed by atoms with Crippen molar-refractivity contribution in [1.82, 2.24) is 0 Å². The molecular weight excluding hydrogens is 344 g/mol. The number of hydrogen-bond donors (Lipinski definition) is 1. The zero-order chi connectivity index (χ0) is 17.9. The van der Waals surface area contributed by atoms with Gasteiger partial charge in [0.25, 0.3) is 5.91 Å². The van der Waals surface area contributed by atoms with Crippen molar-refractivity contribution in [3.8, 4) is 11.1 Å². The Morgan fingerprint density at radius 1 is 0.880 bits per heavy atom. The molecule has 3 aromatic rings. The standard InChI is InChI=1S/C20H14ClF2NO/c21-20(22,23)16-11-12-18(17(13-16)14-7-3-1-4-8-14)24-19(25)15-9-5-2-6-10-15/h1-13H,(H,24,25). The largest absolute Gasteiger partial charge is 0.348 e. The molecule has 0 heterocycles. The van der Waals surface area contributed by atoms with Crippen LogP contribution >= 0.6 is 11.6 Å². The van der Waals surface area contributed by atoms with Crippen molar-refractivity contribution in [3.05, 3.63) is 90.0 Å². The molecule has 0 atom stereocenters. The van der Waals surface area contributed by atoms with Gasteiger partial charge in [-0.15, -0.1) is 0 Å². The summed E-state index contributed by atoms with van der Waals surface area (Å²) < 4.78 is 27.0. The minimum Gasteiger partial charge on any atom is -0.321 e. The van der Waals surface area contributed by atoms with Gasteiger partial charge in [-0.25, -0.2) is 0 Å². The van der Waals surface area contributed by atoms with Gasteiger partial charge < -0.3 is 5.32 Å². The Balaban J connectivity index is 2.02.